The summed E-state index contributed by atoms with van der Waals surface area (Å²) in [5.41, 5.74) is -1.25. The summed E-state index contributed by atoms with van der Waals surface area (Å²) in [5, 5.41) is 12.0. The number of benzene rings is 1. The molecule has 0 bridgehead atoms. The Morgan fingerprint density at radius 3 is 2.52 bits per heavy atom. The van der Waals surface area contributed by atoms with Gasteiger partial charge in [-0.25, -0.2) is 4.79 Å². The summed E-state index contributed by atoms with van der Waals surface area (Å²) < 4.78 is 28.7. The van der Waals surface area contributed by atoms with Gasteiger partial charge in [0.05, 0.1) is 24.7 Å². The minimum Gasteiger partial charge on any atom is -1.00 e. The molecule has 1 heterocycles. The molecule has 0 radical (unpaired) electrons. The van der Waals surface area contributed by atoms with Crippen LogP contribution < -0.4 is 17.0 Å². The third-order valence-corrected chi connectivity index (χ3v) is 5.62. The third kappa shape index (κ3) is 4.38. The number of carbonyl (C=O) groups excluding carboxylic acids is 1. The van der Waals surface area contributed by atoms with Crippen molar-refractivity contribution in [2.75, 3.05) is 27.1 Å². The van der Waals surface area contributed by atoms with E-state index in [2.05, 4.69) is 0 Å². The molecule has 2 fully saturated rings. The smallest absolute Gasteiger partial charge is 0.343 e. The second-order valence-electron chi connectivity index (χ2n) is 7.37. The van der Waals surface area contributed by atoms with Gasteiger partial charge in [0.2, 0.25) is 0 Å². The maximum absolute atomic E-state index is 13.1. The van der Waals surface area contributed by atoms with Gasteiger partial charge in [0.25, 0.3) is 0 Å². The second-order valence-corrected chi connectivity index (χ2v) is 7.81. The number of likely N-dealkylation sites (N-methyl/N-ethyl adjacent to an activating group) is 1. The lowest BCUT2D eigenvalue weighted by Gasteiger charge is -2.33. The standard InChI is InChI=1S/C19H27ClNO3.BrH/c1-21(2)12-11-17(13-21)24-18(22)19(23,14-5-3-4-6-14)15-7-9-16(20)10-8-15;/h7-10,14,17,23H,3-6,11-13H2,1-2H3;1H/q+1;/p-1/t17-,19+;/m0./s1/i1+1D3;/t17-,19+,21?;. The van der Waals surface area contributed by atoms with Crippen molar-refractivity contribution in [3.8, 4) is 0 Å². The maximum atomic E-state index is 13.1. The predicted molar refractivity (Wildman–Crippen MR) is 93.6 cm³/mol. The van der Waals surface area contributed by atoms with Gasteiger partial charge in [0, 0.05) is 17.4 Å². The lowest BCUT2D eigenvalue weighted by atomic mass is 9.80. The van der Waals surface area contributed by atoms with Crippen LogP contribution in [-0.4, -0.2) is 48.8 Å². The number of halogens is 2. The van der Waals surface area contributed by atoms with Gasteiger partial charge in [0.15, 0.2) is 11.7 Å². The van der Waals surface area contributed by atoms with Crippen molar-refractivity contribution >= 4 is 17.6 Å². The molecule has 1 aliphatic heterocycles. The van der Waals surface area contributed by atoms with Crippen molar-refractivity contribution in [2.45, 2.75) is 43.8 Å². The first kappa shape index (κ1) is 16.5. The van der Waals surface area contributed by atoms with Gasteiger partial charge < -0.3 is 31.3 Å². The predicted octanol–water partition coefficient (Wildman–Crippen LogP) is 0.114. The molecular weight excluding hydrogens is 407 g/mol. The van der Waals surface area contributed by atoms with E-state index >= 15 is 0 Å². The molecule has 6 heteroatoms. The number of aliphatic hydroxyl groups is 1. The molecule has 2 aliphatic rings. The van der Waals surface area contributed by atoms with Crippen LogP contribution in [0.25, 0.3) is 0 Å². The van der Waals surface area contributed by atoms with Crippen LogP contribution in [0.1, 0.15) is 41.8 Å². The monoisotopic (exact) mass is 435 g/mol. The molecule has 1 aromatic carbocycles. The largest absolute Gasteiger partial charge is 1.00 e. The fourth-order valence-electron chi connectivity index (χ4n) is 3.97. The van der Waals surface area contributed by atoms with Crippen molar-refractivity contribution < 1.29 is 40.2 Å². The molecule has 25 heavy (non-hydrogen) atoms. The van der Waals surface area contributed by atoms with E-state index in [1.807, 2.05) is 0 Å². The summed E-state index contributed by atoms with van der Waals surface area (Å²) in [5.74, 6) is -0.892. The molecule has 1 N–H and O–H groups in total. The van der Waals surface area contributed by atoms with Crippen molar-refractivity contribution in [2.24, 2.45) is 5.92 Å². The number of likely N-dealkylation sites (tertiary alicyclic amines) is 1. The lowest BCUT2D eigenvalue weighted by Crippen LogP contribution is -3.00. The van der Waals surface area contributed by atoms with Gasteiger partial charge in [-0.15, -0.1) is 0 Å². The highest BCUT2D eigenvalue weighted by Gasteiger charge is 2.49. The van der Waals surface area contributed by atoms with E-state index < -0.39 is 24.7 Å². The Morgan fingerprint density at radius 1 is 1.32 bits per heavy atom. The van der Waals surface area contributed by atoms with Crippen LogP contribution in [0.5, 0.6) is 0 Å². The summed E-state index contributed by atoms with van der Waals surface area (Å²) in [6.07, 6.45) is 3.39. The number of hydrogen-bond acceptors (Lipinski definition) is 3. The molecule has 3 atom stereocenters. The molecule has 4 nitrogen and oxygen atoms in total. The molecule has 1 saturated carbocycles. The average molecular weight is 437 g/mol. The van der Waals surface area contributed by atoms with Crippen molar-refractivity contribution in [3.05, 3.63) is 34.9 Å². The van der Waals surface area contributed by atoms with Crippen molar-refractivity contribution in [1.29, 1.82) is 0 Å². The normalized spacial score (nSPS) is 31.3. The van der Waals surface area contributed by atoms with Crippen LogP contribution in [0.2, 0.25) is 5.02 Å². The molecule has 3 rings (SSSR count). The fourth-order valence-corrected chi connectivity index (χ4v) is 4.09. The number of ether oxygens (including phenoxy) is 1. The quantitative estimate of drug-likeness (QED) is 0.414. The minimum atomic E-state index is -2.15. The maximum Gasteiger partial charge on any atom is 0.343 e. The zero-order chi connectivity index (χ0) is 19.9. The number of rotatable bonds is 4. The summed E-state index contributed by atoms with van der Waals surface area (Å²) >= 11 is 5.96. The summed E-state index contributed by atoms with van der Waals surface area (Å²) in [6.45, 7) is -1.51. The van der Waals surface area contributed by atoms with Crippen LogP contribution in [0.15, 0.2) is 24.3 Å². The number of carbonyl (C=O) groups is 1. The summed E-state index contributed by atoms with van der Waals surface area (Å²) in [4.78, 5) is 13.1. The third-order valence-electron chi connectivity index (χ3n) is 5.37. The molecule has 1 aromatic rings. The molecular formula is C19H27BrClNO3. The first-order valence-corrected chi connectivity index (χ1v) is 8.98. The minimum absolute atomic E-state index is 0. The van der Waals surface area contributed by atoms with Crippen LogP contribution in [-0.2, 0) is 15.1 Å². The van der Waals surface area contributed by atoms with Gasteiger partial charge >= 0.3 is 5.97 Å². The first-order valence-electron chi connectivity index (χ1n) is 10.1. The van der Waals surface area contributed by atoms with E-state index in [0.29, 0.717) is 23.6 Å². The topological polar surface area (TPSA) is 46.5 Å². The van der Waals surface area contributed by atoms with Crippen LogP contribution in [0.3, 0.4) is 0 Å². The SMILES string of the molecule is [2H][13C]([2H])([2H])[N+]1(C)CC[C@H](OC(=O)[C@](O)(c2ccc(Cl)cc2)C2CCCC2)C1.[Br-]. The Bertz CT molecular complexity index is 697. The van der Waals surface area contributed by atoms with E-state index in [9.17, 15) is 9.90 Å². The Balaban J connectivity index is 0.00000280. The highest BCUT2D eigenvalue weighted by Crippen LogP contribution is 2.42. The molecule has 1 aliphatic carbocycles. The summed E-state index contributed by atoms with van der Waals surface area (Å²) in [6, 6.07) is 6.64. The van der Waals surface area contributed by atoms with Crippen LogP contribution in [0.4, 0.5) is 0 Å². The Labute approximate surface area is 169 Å². The Hall–Kier alpha value is -0.620. The fraction of sp³-hybridized carbons (Fsp3) is 0.632. The molecule has 0 amide bonds. The zero-order valence-corrected chi connectivity index (χ0v) is 16.7. The second kappa shape index (κ2) is 7.95. The molecule has 0 aromatic heterocycles. The van der Waals surface area contributed by atoms with Gasteiger partial charge in [-0.05, 0) is 30.5 Å². The molecule has 140 valence electrons. The van der Waals surface area contributed by atoms with E-state index in [1.165, 1.54) is 0 Å². The van der Waals surface area contributed by atoms with Crippen LogP contribution in [0, 0.1) is 5.92 Å². The van der Waals surface area contributed by atoms with Gasteiger partial charge in [-0.2, -0.15) is 0 Å². The van der Waals surface area contributed by atoms with Crippen LogP contribution >= 0.6 is 11.6 Å². The van der Waals surface area contributed by atoms with Gasteiger partial charge in [-0.3, -0.25) is 0 Å². The van der Waals surface area contributed by atoms with Gasteiger partial charge in [-0.1, -0.05) is 36.6 Å². The average Bonchev–Trinajstić information content (AvgIpc) is 3.25. The molecule has 1 unspecified atom stereocenters. The highest BCUT2D eigenvalue weighted by molar-refractivity contribution is 6.30. The van der Waals surface area contributed by atoms with E-state index in [0.717, 1.165) is 25.7 Å². The van der Waals surface area contributed by atoms with E-state index in [4.69, 9.17) is 20.5 Å². The number of esters is 1. The van der Waals surface area contributed by atoms with E-state index in [-0.39, 0.29) is 33.9 Å². The van der Waals surface area contributed by atoms with Crippen molar-refractivity contribution in [3.63, 3.8) is 0 Å². The van der Waals surface area contributed by atoms with E-state index in [1.54, 1.807) is 31.3 Å². The number of nitrogens with zero attached hydrogens (tertiary/aromatic N) is 1. The summed E-state index contributed by atoms with van der Waals surface area (Å²) in [7, 11) is 1.66. The Kier molecular flexibility index (Phi) is 5.26. The Morgan fingerprint density at radius 2 is 1.96 bits per heavy atom. The lowest BCUT2D eigenvalue weighted by molar-refractivity contribution is -0.879. The zero-order valence-electron chi connectivity index (χ0n) is 17.4. The van der Waals surface area contributed by atoms with Gasteiger partial charge in [0.1, 0.15) is 6.54 Å². The number of hydrogen-bond donors (Lipinski definition) is 1. The number of quaternary nitrogens is 1. The van der Waals surface area contributed by atoms with Crippen molar-refractivity contribution in [1.82, 2.24) is 0 Å². The molecule has 1 saturated heterocycles. The first-order chi connectivity index (χ1) is 12.6. The highest BCUT2D eigenvalue weighted by atomic mass is 79.9. The molecule has 0 spiro atoms.